The molecule has 0 saturated carbocycles. The first-order chi connectivity index (χ1) is 14.0. The maximum Gasteiger partial charge on any atom is 0.269 e. The van der Waals surface area contributed by atoms with E-state index in [2.05, 4.69) is 10.4 Å². The number of rotatable bonds is 2. The fourth-order valence-electron chi connectivity index (χ4n) is 5.28. The van der Waals surface area contributed by atoms with E-state index in [0.717, 1.165) is 29.9 Å². The number of nitrogens with one attached hydrogen (secondary N) is 1. The number of aryl methyl sites for hydroxylation is 1. The van der Waals surface area contributed by atoms with Gasteiger partial charge in [-0.15, -0.1) is 0 Å². The lowest BCUT2D eigenvalue weighted by atomic mass is 9.78. The highest BCUT2D eigenvalue weighted by atomic mass is 16.2. The van der Waals surface area contributed by atoms with Gasteiger partial charge in [-0.25, -0.2) is 0 Å². The molecule has 29 heavy (non-hydrogen) atoms. The number of piperidine rings is 1. The summed E-state index contributed by atoms with van der Waals surface area (Å²) in [6.45, 7) is 2.36. The van der Waals surface area contributed by atoms with E-state index in [1.54, 1.807) is 27.3 Å². The Labute approximate surface area is 167 Å². The summed E-state index contributed by atoms with van der Waals surface area (Å²) >= 11 is 0. The number of aromatic nitrogens is 3. The van der Waals surface area contributed by atoms with E-state index in [1.807, 2.05) is 6.07 Å². The Morgan fingerprint density at radius 2 is 2.10 bits per heavy atom. The van der Waals surface area contributed by atoms with Gasteiger partial charge in [0, 0.05) is 74.5 Å². The summed E-state index contributed by atoms with van der Waals surface area (Å²) in [4.78, 5) is 39.9. The Morgan fingerprint density at radius 1 is 1.28 bits per heavy atom. The van der Waals surface area contributed by atoms with E-state index in [0.29, 0.717) is 19.5 Å². The molecule has 152 valence electrons. The molecular weight excluding hydrogens is 372 g/mol. The molecule has 3 atom stereocenters. The van der Waals surface area contributed by atoms with Crippen molar-refractivity contribution < 1.29 is 9.59 Å². The van der Waals surface area contributed by atoms with Gasteiger partial charge in [0.15, 0.2) is 5.69 Å². The van der Waals surface area contributed by atoms with Crippen molar-refractivity contribution in [3.05, 3.63) is 51.2 Å². The molecule has 2 bridgehead atoms. The highest BCUT2D eigenvalue weighted by molar-refractivity contribution is 5.93. The Hall–Kier alpha value is -2.94. The van der Waals surface area contributed by atoms with Gasteiger partial charge in [-0.2, -0.15) is 5.10 Å². The van der Waals surface area contributed by atoms with Crippen LogP contribution in [0.5, 0.6) is 0 Å². The van der Waals surface area contributed by atoms with E-state index in [4.69, 9.17) is 5.73 Å². The van der Waals surface area contributed by atoms with Gasteiger partial charge in [0.1, 0.15) is 6.04 Å². The van der Waals surface area contributed by atoms with Crippen molar-refractivity contribution in [3.8, 4) is 0 Å². The van der Waals surface area contributed by atoms with E-state index in [9.17, 15) is 14.4 Å². The van der Waals surface area contributed by atoms with Gasteiger partial charge >= 0.3 is 0 Å². The first-order valence-electron chi connectivity index (χ1n) is 10.0. The minimum absolute atomic E-state index is 0.0692. The van der Waals surface area contributed by atoms with Crippen molar-refractivity contribution >= 4 is 11.8 Å². The van der Waals surface area contributed by atoms with Crippen LogP contribution in [0.4, 0.5) is 0 Å². The van der Waals surface area contributed by atoms with E-state index >= 15 is 0 Å². The van der Waals surface area contributed by atoms with Crippen molar-refractivity contribution in [2.75, 3.05) is 19.6 Å². The van der Waals surface area contributed by atoms with Gasteiger partial charge in [-0.1, -0.05) is 6.07 Å². The number of hydrogen-bond donors (Lipinski definition) is 2. The summed E-state index contributed by atoms with van der Waals surface area (Å²) in [6, 6.07) is 4.72. The summed E-state index contributed by atoms with van der Waals surface area (Å²) < 4.78 is 3.38. The standard InChI is InChI=1S/C20H24N6O3/c1-24-15-5-6-25(10-13(15)17(23-24)19(21)28)20(29)18-12-7-11(8-22-9-12)14-3-2-4-16(27)26(14)18/h2-4,11-12,18,22H,5-10H2,1H3,(H2,21,28)/t11-,12+,18-/m1/s1. The van der Waals surface area contributed by atoms with Gasteiger partial charge in [-0.05, 0) is 12.5 Å². The first kappa shape index (κ1) is 18.1. The Balaban J connectivity index is 1.53. The zero-order valence-electron chi connectivity index (χ0n) is 16.3. The molecule has 1 fully saturated rings. The predicted molar refractivity (Wildman–Crippen MR) is 104 cm³/mol. The largest absolute Gasteiger partial charge is 0.364 e. The zero-order chi connectivity index (χ0) is 20.3. The third kappa shape index (κ3) is 2.71. The number of amides is 2. The molecule has 3 aliphatic heterocycles. The maximum atomic E-state index is 13.7. The summed E-state index contributed by atoms with van der Waals surface area (Å²) in [5.41, 5.74) is 8.16. The highest BCUT2D eigenvalue weighted by Gasteiger charge is 2.43. The lowest BCUT2D eigenvalue weighted by molar-refractivity contribution is -0.138. The van der Waals surface area contributed by atoms with Crippen LogP contribution in [0.3, 0.4) is 0 Å². The number of carbonyl (C=O) groups is 2. The van der Waals surface area contributed by atoms with Gasteiger partial charge in [0.05, 0.1) is 0 Å². The number of primary amides is 1. The molecule has 5 heterocycles. The third-order valence-electron chi connectivity index (χ3n) is 6.59. The Bertz CT molecular complexity index is 1070. The molecule has 3 N–H and O–H groups in total. The summed E-state index contributed by atoms with van der Waals surface area (Å²) in [5, 5.41) is 7.65. The fraction of sp³-hybridized carbons (Fsp3) is 0.500. The summed E-state index contributed by atoms with van der Waals surface area (Å²) in [6.07, 6.45) is 1.50. The number of pyridine rings is 1. The number of carbonyl (C=O) groups excluding carboxylic acids is 2. The van der Waals surface area contributed by atoms with E-state index in [1.165, 1.54) is 6.07 Å². The van der Waals surface area contributed by atoms with Crippen molar-refractivity contribution in [2.24, 2.45) is 18.7 Å². The molecular formula is C20H24N6O3. The topological polar surface area (TPSA) is 115 Å². The maximum absolute atomic E-state index is 13.7. The van der Waals surface area contributed by atoms with Crippen LogP contribution in [0.1, 0.15) is 45.8 Å². The molecule has 2 amide bonds. The first-order valence-corrected chi connectivity index (χ1v) is 10.0. The fourth-order valence-corrected chi connectivity index (χ4v) is 5.28. The lowest BCUT2D eigenvalue weighted by Gasteiger charge is -2.44. The van der Waals surface area contributed by atoms with Crippen molar-refractivity contribution in [1.82, 2.24) is 24.6 Å². The third-order valence-corrected chi connectivity index (χ3v) is 6.59. The molecule has 5 rings (SSSR count). The number of nitrogens with two attached hydrogens (primary N) is 1. The summed E-state index contributed by atoms with van der Waals surface area (Å²) in [7, 11) is 1.79. The van der Waals surface area contributed by atoms with E-state index in [-0.39, 0.29) is 35.5 Å². The smallest absolute Gasteiger partial charge is 0.269 e. The minimum atomic E-state index is -0.588. The quantitative estimate of drug-likeness (QED) is 0.711. The van der Waals surface area contributed by atoms with Gasteiger partial charge in [-0.3, -0.25) is 23.6 Å². The molecule has 0 aromatic carbocycles. The molecule has 9 nitrogen and oxygen atoms in total. The van der Waals surface area contributed by atoms with Crippen molar-refractivity contribution in [1.29, 1.82) is 0 Å². The highest BCUT2D eigenvalue weighted by Crippen LogP contribution is 2.39. The normalized spacial score (nSPS) is 25.3. The van der Waals surface area contributed by atoms with Crippen LogP contribution in [0.2, 0.25) is 0 Å². The van der Waals surface area contributed by atoms with Crippen LogP contribution in [0.15, 0.2) is 23.0 Å². The second kappa shape index (κ2) is 6.55. The molecule has 9 heteroatoms. The van der Waals surface area contributed by atoms with Crippen molar-refractivity contribution in [2.45, 2.75) is 31.3 Å². The predicted octanol–water partition coefficient (Wildman–Crippen LogP) is -0.487. The molecule has 0 radical (unpaired) electrons. The molecule has 2 aromatic rings. The average Bonchev–Trinajstić information content (AvgIpc) is 3.05. The van der Waals surface area contributed by atoms with Gasteiger partial charge in [0.2, 0.25) is 5.91 Å². The van der Waals surface area contributed by atoms with Crippen LogP contribution in [-0.4, -0.2) is 50.7 Å². The molecule has 2 aromatic heterocycles. The molecule has 1 saturated heterocycles. The number of hydrogen-bond acceptors (Lipinski definition) is 5. The van der Waals surface area contributed by atoms with Crippen LogP contribution < -0.4 is 16.6 Å². The second-order valence-electron chi connectivity index (χ2n) is 8.23. The molecule has 3 aliphatic rings. The van der Waals surface area contributed by atoms with Crippen LogP contribution in [-0.2, 0) is 24.8 Å². The summed E-state index contributed by atoms with van der Waals surface area (Å²) in [5.74, 6) is -0.342. The SMILES string of the molecule is Cn1nc(C(N)=O)c2c1CCN(C(=O)[C@H]1[C@@H]3CNC[C@@H](C3)c3cccc(=O)n31)C2. The van der Waals surface area contributed by atoms with Gasteiger partial charge < -0.3 is 16.0 Å². The zero-order valence-corrected chi connectivity index (χ0v) is 16.3. The van der Waals surface area contributed by atoms with Crippen LogP contribution in [0.25, 0.3) is 0 Å². The number of fused-ring (bicyclic) bond motifs is 5. The molecule has 0 spiro atoms. The van der Waals surface area contributed by atoms with Crippen molar-refractivity contribution in [3.63, 3.8) is 0 Å². The average molecular weight is 396 g/mol. The molecule has 0 aliphatic carbocycles. The lowest BCUT2D eigenvalue weighted by Crippen LogP contribution is -2.53. The van der Waals surface area contributed by atoms with Crippen LogP contribution in [0, 0.1) is 5.92 Å². The second-order valence-corrected chi connectivity index (χ2v) is 8.23. The number of nitrogens with zero attached hydrogens (tertiary/aromatic N) is 4. The Morgan fingerprint density at radius 3 is 2.90 bits per heavy atom. The minimum Gasteiger partial charge on any atom is -0.364 e. The Kier molecular flexibility index (Phi) is 4.09. The molecule has 0 unspecified atom stereocenters. The van der Waals surface area contributed by atoms with Gasteiger partial charge in [0.25, 0.3) is 11.5 Å². The monoisotopic (exact) mass is 396 g/mol. The van der Waals surface area contributed by atoms with E-state index < -0.39 is 11.9 Å². The van der Waals surface area contributed by atoms with Crippen LogP contribution >= 0.6 is 0 Å².